The molecule has 138 valence electrons. The molecule has 0 N–H and O–H groups in total. The minimum Gasteiger partial charge on any atom is -0.461 e. The number of furan rings is 1. The Kier molecular flexibility index (Phi) is 5.51. The Labute approximate surface area is 158 Å². The van der Waals surface area contributed by atoms with Crippen molar-refractivity contribution >= 4 is 23.4 Å². The second kappa shape index (κ2) is 8.00. The lowest BCUT2D eigenvalue weighted by molar-refractivity contribution is -0.384. The molecule has 0 aliphatic rings. The minimum absolute atomic E-state index is 0.0596. The zero-order chi connectivity index (χ0) is 19.4. The number of carbonyl (C=O) groups excluding carboxylic acids is 1. The number of benzene rings is 1. The molecule has 1 aromatic carbocycles. The number of hydrogen-bond donors (Lipinski definition) is 0. The van der Waals surface area contributed by atoms with Gasteiger partial charge in [0, 0.05) is 12.1 Å². The molecular formula is C18H15N3O5S. The number of hydrogen-bond acceptors (Lipinski definition) is 8. The molecule has 2 heterocycles. The zero-order valence-electron chi connectivity index (χ0n) is 14.5. The first-order valence-electron chi connectivity index (χ1n) is 7.86. The summed E-state index contributed by atoms with van der Waals surface area (Å²) in [6.07, 6.45) is 3.32. The van der Waals surface area contributed by atoms with Crippen LogP contribution in [0.25, 0.3) is 11.6 Å². The van der Waals surface area contributed by atoms with Crippen molar-refractivity contribution in [2.45, 2.75) is 18.6 Å². The van der Waals surface area contributed by atoms with Gasteiger partial charge in [0.2, 0.25) is 0 Å². The van der Waals surface area contributed by atoms with Gasteiger partial charge in [-0.3, -0.25) is 10.1 Å². The maximum atomic E-state index is 12.6. The number of non-ortho nitro benzene ring substituents is 1. The molecule has 0 saturated heterocycles. The Morgan fingerprint density at radius 1 is 1.30 bits per heavy atom. The van der Waals surface area contributed by atoms with Gasteiger partial charge in [0.1, 0.15) is 17.2 Å². The number of esters is 1. The second-order valence-corrected chi connectivity index (χ2v) is 6.29. The van der Waals surface area contributed by atoms with Crippen molar-refractivity contribution in [3.63, 3.8) is 0 Å². The number of thioether (sulfide) groups is 1. The van der Waals surface area contributed by atoms with E-state index in [2.05, 4.69) is 9.97 Å². The molecule has 0 unspecified atom stereocenters. The standard InChI is InChI=1S/C18H15N3O5S/c1-11-15(17(27-2)20-16(19-11)14-7-4-8-25-14)18(22)26-10-12-5-3-6-13(9-12)21(23)24/h3-9H,10H2,1-2H3. The first kappa shape index (κ1) is 18.6. The molecule has 2 aromatic heterocycles. The van der Waals surface area contributed by atoms with Crippen LogP contribution in [0, 0.1) is 17.0 Å². The molecule has 0 spiro atoms. The third kappa shape index (κ3) is 4.14. The zero-order valence-corrected chi connectivity index (χ0v) is 15.4. The summed E-state index contributed by atoms with van der Waals surface area (Å²) in [6.45, 7) is 1.60. The van der Waals surface area contributed by atoms with E-state index in [1.165, 1.54) is 30.2 Å². The van der Waals surface area contributed by atoms with Gasteiger partial charge in [-0.25, -0.2) is 14.8 Å². The van der Waals surface area contributed by atoms with Crippen LogP contribution in [0.1, 0.15) is 21.6 Å². The van der Waals surface area contributed by atoms with Gasteiger partial charge in [0.05, 0.1) is 16.9 Å². The van der Waals surface area contributed by atoms with E-state index >= 15 is 0 Å². The topological polar surface area (TPSA) is 108 Å². The molecule has 0 fully saturated rings. The molecule has 0 radical (unpaired) electrons. The fourth-order valence-corrected chi connectivity index (χ4v) is 3.04. The van der Waals surface area contributed by atoms with Crippen molar-refractivity contribution in [2.75, 3.05) is 6.26 Å². The van der Waals surface area contributed by atoms with Gasteiger partial charge in [-0.2, -0.15) is 0 Å². The highest BCUT2D eigenvalue weighted by Crippen LogP contribution is 2.26. The van der Waals surface area contributed by atoms with Crippen molar-refractivity contribution in [2.24, 2.45) is 0 Å². The van der Waals surface area contributed by atoms with E-state index < -0.39 is 10.9 Å². The highest BCUT2D eigenvalue weighted by molar-refractivity contribution is 7.98. The Balaban J connectivity index is 1.82. The molecule has 8 nitrogen and oxygen atoms in total. The molecule has 0 amide bonds. The van der Waals surface area contributed by atoms with Crippen molar-refractivity contribution in [1.82, 2.24) is 9.97 Å². The summed E-state index contributed by atoms with van der Waals surface area (Å²) in [5.41, 5.74) is 1.19. The van der Waals surface area contributed by atoms with Crippen molar-refractivity contribution in [3.8, 4) is 11.6 Å². The van der Waals surface area contributed by atoms with Crippen LogP contribution in [0.5, 0.6) is 0 Å². The lowest BCUT2D eigenvalue weighted by Gasteiger charge is -2.11. The number of nitro groups is 1. The third-order valence-corrected chi connectivity index (χ3v) is 4.37. The fourth-order valence-electron chi connectivity index (χ4n) is 2.43. The summed E-state index contributed by atoms with van der Waals surface area (Å²) >= 11 is 1.29. The molecule has 0 atom stereocenters. The van der Waals surface area contributed by atoms with Crippen molar-refractivity contribution in [3.05, 3.63) is 69.6 Å². The summed E-state index contributed by atoms with van der Waals surface area (Å²) in [7, 11) is 0. The molecular weight excluding hydrogens is 370 g/mol. The van der Waals surface area contributed by atoms with Gasteiger partial charge in [-0.1, -0.05) is 12.1 Å². The Morgan fingerprint density at radius 2 is 2.11 bits per heavy atom. The van der Waals surface area contributed by atoms with Gasteiger partial charge in [0.25, 0.3) is 5.69 Å². The number of rotatable bonds is 6. The fraction of sp³-hybridized carbons (Fsp3) is 0.167. The van der Waals surface area contributed by atoms with Gasteiger partial charge < -0.3 is 9.15 Å². The van der Waals surface area contributed by atoms with E-state index in [-0.39, 0.29) is 17.9 Å². The van der Waals surface area contributed by atoms with Crippen LogP contribution in [-0.2, 0) is 11.3 Å². The summed E-state index contributed by atoms with van der Waals surface area (Å²) in [5, 5.41) is 11.3. The monoisotopic (exact) mass is 385 g/mol. The largest absolute Gasteiger partial charge is 0.461 e. The number of ether oxygens (including phenoxy) is 1. The highest BCUT2D eigenvalue weighted by Gasteiger charge is 2.21. The molecule has 9 heteroatoms. The Hall–Kier alpha value is -3.20. The molecule has 27 heavy (non-hydrogen) atoms. The van der Waals surface area contributed by atoms with Crippen LogP contribution < -0.4 is 0 Å². The molecule has 0 aliphatic heterocycles. The van der Waals surface area contributed by atoms with Crippen molar-refractivity contribution in [1.29, 1.82) is 0 Å². The first-order chi connectivity index (χ1) is 13.0. The van der Waals surface area contributed by atoms with E-state index in [1.54, 1.807) is 37.4 Å². The minimum atomic E-state index is -0.589. The van der Waals surface area contributed by atoms with Gasteiger partial charge in [-0.05, 0) is 30.9 Å². The van der Waals surface area contributed by atoms with Gasteiger partial charge >= 0.3 is 5.97 Å². The normalized spacial score (nSPS) is 10.6. The predicted octanol–water partition coefficient (Wildman–Crippen LogP) is 4.03. The number of nitrogens with zero attached hydrogens (tertiary/aromatic N) is 3. The van der Waals surface area contributed by atoms with Crippen LogP contribution in [0.15, 0.2) is 52.1 Å². The average Bonchev–Trinajstić information content (AvgIpc) is 3.20. The maximum absolute atomic E-state index is 12.6. The highest BCUT2D eigenvalue weighted by atomic mass is 32.2. The van der Waals surface area contributed by atoms with E-state index in [4.69, 9.17) is 9.15 Å². The summed E-state index contributed by atoms with van der Waals surface area (Å²) < 4.78 is 10.6. The number of carbonyl (C=O) groups is 1. The number of aryl methyl sites for hydroxylation is 1. The van der Waals surface area contributed by atoms with Crippen LogP contribution in [0.2, 0.25) is 0 Å². The Bertz CT molecular complexity index is 989. The number of aromatic nitrogens is 2. The van der Waals surface area contributed by atoms with Gasteiger partial charge in [-0.15, -0.1) is 11.8 Å². The van der Waals surface area contributed by atoms with E-state index in [0.29, 0.717) is 27.9 Å². The van der Waals surface area contributed by atoms with Crippen LogP contribution in [0.4, 0.5) is 5.69 Å². The molecule has 0 aliphatic carbocycles. The Morgan fingerprint density at radius 3 is 2.78 bits per heavy atom. The smallest absolute Gasteiger partial charge is 0.343 e. The molecule has 0 bridgehead atoms. The van der Waals surface area contributed by atoms with Crippen LogP contribution in [0.3, 0.4) is 0 Å². The second-order valence-electron chi connectivity index (χ2n) is 5.50. The summed E-state index contributed by atoms with van der Waals surface area (Å²) in [5.74, 6) is 0.302. The lowest BCUT2D eigenvalue weighted by atomic mass is 10.2. The lowest BCUT2D eigenvalue weighted by Crippen LogP contribution is -2.12. The quantitative estimate of drug-likeness (QED) is 0.206. The summed E-state index contributed by atoms with van der Waals surface area (Å²) in [6, 6.07) is 9.40. The first-order valence-corrected chi connectivity index (χ1v) is 9.09. The third-order valence-electron chi connectivity index (χ3n) is 3.69. The van der Waals surface area contributed by atoms with Crippen LogP contribution in [-0.4, -0.2) is 27.1 Å². The van der Waals surface area contributed by atoms with Crippen LogP contribution >= 0.6 is 11.8 Å². The molecule has 0 saturated carbocycles. The van der Waals surface area contributed by atoms with E-state index in [1.807, 2.05) is 0 Å². The van der Waals surface area contributed by atoms with Gasteiger partial charge in [0.15, 0.2) is 11.6 Å². The molecule has 3 aromatic rings. The van der Waals surface area contributed by atoms with Crippen molar-refractivity contribution < 1.29 is 18.9 Å². The summed E-state index contributed by atoms with van der Waals surface area (Å²) in [4.78, 5) is 31.6. The molecule has 3 rings (SSSR count). The average molecular weight is 385 g/mol. The maximum Gasteiger partial charge on any atom is 0.343 e. The predicted molar refractivity (Wildman–Crippen MR) is 98.5 cm³/mol. The van der Waals surface area contributed by atoms with E-state index in [9.17, 15) is 14.9 Å². The van der Waals surface area contributed by atoms with E-state index in [0.717, 1.165) is 0 Å². The SMILES string of the molecule is CSc1nc(-c2ccco2)nc(C)c1C(=O)OCc1cccc([N+](=O)[O-])c1. The number of nitro benzene ring substituents is 1.